The number of hydrogen-bond acceptors (Lipinski definition) is 4. The number of likely N-dealkylation sites (N-methyl/N-ethyl adjacent to an activating group) is 1. The second-order valence-corrected chi connectivity index (χ2v) is 5.38. The van der Waals surface area contributed by atoms with E-state index < -0.39 is 0 Å². The Morgan fingerprint density at radius 2 is 1.82 bits per heavy atom. The molecule has 17 heavy (non-hydrogen) atoms. The first-order valence-corrected chi connectivity index (χ1v) is 5.98. The molecule has 0 saturated carbocycles. The average Bonchev–Trinajstić information content (AvgIpc) is 2.25. The molecule has 1 aromatic carbocycles. The van der Waals surface area contributed by atoms with E-state index in [9.17, 15) is 0 Å². The zero-order valence-corrected chi connectivity index (χ0v) is 10.5. The predicted molar refractivity (Wildman–Crippen MR) is 68.4 cm³/mol. The number of rotatable bonds is 0. The molecule has 3 rings (SSSR count). The second kappa shape index (κ2) is 3.45. The first-order valence-electron chi connectivity index (χ1n) is 5.98. The van der Waals surface area contributed by atoms with Crippen molar-refractivity contribution in [2.45, 2.75) is 19.4 Å². The zero-order chi connectivity index (χ0) is 12.0. The van der Waals surface area contributed by atoms with Crippen molar-refractivity contribution in [1.29, 1.82) is 0 Å². The Balaban J connectivity index is 2.07. The molecule has 4 heteroatoms. The molecule has 0 radical (unpaired) electrons. The van der Waals surface area contributed by atoms with Gasteiger partial charge in [-0.3, -0.25) is 0 Å². The minimum atomic E-state index is 0.0749. The third kappa shape index (κ3) is 1.77. The highest BCUT2D eigenvalue weighted by Crippen LogP contribution is 2.42. The Labute approximate surface area is 102 Å². The largest absolute Gasteiger partial charge is 0.486 e. The van der Waals surface area contributed by atoms with Gasteiger partial charge in [-0.1, -0.05) is 0 Å². The molecule has 1 aromatic rings. The van der Waals surface area contributed by atoms with Crippen LogP contribution < -0.4 is 19.7 Å². The molecule has 4 nitrogen and oxygen atoms in total. The molecule has 2 heterocycles. The van der Waals surface area contributed by atoms with Crippen LogP contribution in [0.2, 0.25) is 0 Å². The molecule has 0 aliphatic carbocycles. The minimum Gasteiger partial charge on any atom is -0.486 e. The van der Waals surface area contributed by atoms with Crippen molar-refractivity contribution in [2.75, 3.05) is 37.0 Å². The van der Waals surface area contributed by atoms with Crippen molar-refractivity contribution in [3.63, 3.8) is 0 Å². The lowest BCUT2D eigenvalue weighted by atomic mass is 9.99. The highest BCUT2D eigenvalue weighted by atomic mass is 16.6. The van der Waals surface area contributed by atoms with Crippen molar-refractivity contribution in [3.8, 4) is 11.5 Å². The van der Waals surface area contributed by atoms with Crippen LogP contribution in [-0.4, -0.2) is 32.3 Å². The lowest BCUT2D eigenvalue weighted by Crippen LogP contribution is -2.47. The van der Waals surface area contributed by atoms with Crippen LogP contribution >= 0.6 is 0 Å². The fraction of sp³-hybridized carbons (Fsp3) is 0.538. The van der Waals surface area contributed by atoms with Crippen LogP contribution in [0.4, 0.5) is 11.4 Å². The van der Waals surface area contributed by atoms with Crippen LogP contribution in [0.3, 0.4) is 0 Å². The van der Waals surface area contributed by atoms with E-state index in [1.165, 1.54) is 5.69 Å². The first kappa shape index (κ1) is 10.6. The van der Waals surface area contributed by atoms with E-state index in [1.807, 2.05) is 6.07 Å². The van der Waals surface area contributed by atoms with Gasteiger partial charge in [0.05, 0.1) is 11.4 Å². The molecule has 92 valence electrons. The highest BCUT2D eigenvalue weighted by molar-refractivity contribution is 5.77. The molecule has 2 aliphatic rings. The lowest BCUT2D eigenvalue weighted by Gasteiger charge is -2.40. The van der Waals surface area contributed by atoms with Gasteiger partial charge >= 0.3 is 0 Å². The topological polar surface area (TPSA) is 33.7 Å². The van der Waals surface area contributed by atoms with E-state index in [-0.39, 0.29) is 5.54 Å². The highest BCUT2D eigenvalue weighted by Gasteiger charge is 2.29. The van der Waals surface area contributed by atoms with Gasteiger partial charge in [-0.25, -0.2) is 0 Å². The second-order valence-electron chi connectivity index (χ2n) is 5.38. The summed E-state index contributed by atoms with van der Waals surface area (Å²) in [6.07, 6.45) is 0. The Morgan fingerprint density at radius 3 is 2.53 bits per heavy atom. The molecule has 0 amide bonds. The van der Waals surface area contributed by atoms with Crippen LogP contribution in [0.15, 0.2) is 12.1 Å². The van der Waals surface area contributed by atoms with Crippen molar-refractivity contribution in [1.82, 2.24) is 0 Å². The fourth-order valence-corrected chi connectivity index (χ4v) is 2.58. The SMILES string of the molecule is CN1CC(C)(C)Nc2cc3c(cc21)OCCO3. The molecule has 0 spiro atoms. The van der Waals surface area contributed by atoms with Gasteiger partial charge in [0.25, 0.3) is 0 Å². The van der Waals surface area contributed by atoms with E-state index >= 15 is 0 Å². The van der Waals surface area contributed by atoms with Gasteiger partial charge in [-0.05, 0) is 13.8 Å². The Kier molecular flexibility index (Phi) is 2.15. The molecule has 0 unspecified atom stereocenters. The van der Waals surface area contributed by atoms with Crippen molar-refractivity contribution in [2.24, 2.45) is 0 Å². The van der Waals surface area contributed by atoms with Gasteiger partial charge in [0.2, 0.25) is 0 Å². The van der Waals surface area contributed by atoms with Crippen LogP contribution in [0.5, 0.6) is 11.5 Å². The smallest absolute Gasteiger partial charge is 0.163 e. The van der Waals surface area contributed by atoms with Gasteiger partial charge in [-0.15, -0.1) is 0 Å². The third-order valence-electron chi connectivity index (χ3n) is 3.18. The quantitative estimate of drug-likeness (QED) is 0.745. The zero-order valence-electron chi connectivity index (χ0n) is 10.5. The van der Waals surface area contributed by atoms with Gasteiger partial charge in [0.15, 0.2) is 11.5 Å². The summed E-state index contributed by atoms with van der Waals surface area (Å²) in [6, 6.07) is 4.10. The summed E-state index contributed by atoms with van der Waals surface area (Å²) in [5.41, 5.74) is 2.37. The molecule has 0 bridgehead atoms. The Morgan fingerprint density at radius 1 is 1.18 bits per heavy atom. The molecule has 0 fully saturated rings. The van der Waals surface area contributed by atoms with Crippen molar-refractivity contribution < 1.29 is 9.47 Å². The summed E-state index contributed by atoms with van der Waals surface area (Å²) in [5, 5.41) is 3.54. The number of nitrogens with one attached hydrogen (secondary N) is 1. The van der Waals surface area contributed by atoms with Gasteiger partial charge in [0, 0.05) is 31.3 Å². The molecule has 1 N–H and O–H groups in total. The Bertz CT molecular complexity index is 457. The summed E-state index contributed by atoms with van der Waals surface area (Å²) in [4.78, 5) is 2.25. The van der Waals surface area contributed by atoms with Crippen LogP contribution in [0.25, 0.3) is 0 Å². The predicted octanol–water partition coefficient (Wildman–Crippen LogP) is 2.10. The maximum atomic E-state index is 5.61. The van der Waals surface area contributed by atoms with Crippen LogP contribution in [-0.2, 0) is 0 Å². The van der Waals surface area contributed by atoms with E-state index in [2.05, 4.69) is 37.2 Å². The van der Waals surface area contributed by atoms with Crippen molar-refractivity contribution in [3.05, 3.63) is 12.1 Å². The van der Waals surface area contributed by atoms with Gasteiger partial charge in [-0.2, -0.15) is 0 Å². The van der Waals surface area contributed by atoms with E-state index in [1.54, 1.807) is 0 Å². The fourth-order valence-electron chi connectivity index (χ4n) is 2.58. The van der Waals surface area contributed by atoms with E-state index in [0.29, 0.717) is 13.2 Å². The van der Waals surface area contributed by atoms with Crippen LogP contribution in [0, 0.1) is 0 Å². The maximum absolute atomic E-state index is 5.61. The van der Waals surface area contributed by atoms with E-state index in [0.717, 1.165) is 23.7 Å². The number of nitrogens with zero attached hydrogens (tertiary/aromatic N) is 1. The first-order chi connectivity index (χ1) is 8.05. The molecule has 0 saturated heterocycles. The number of anilines is 2. The molecular formula is C13H18N2O2. The molecule has 0 atom stereocenters. The third-order valence-corrected chi connectivity index (χ3v) is 3.18. The Hall–Kier alpha value is -1.58. The van der Waals surface area contributed by atoms with E-state index in [4.69, 9.17) is 9.47 Å². The lowest BCUT2D eigenvalue weighted by molar-refractivity contribution is 0.171. The number of fused-ring (bicyclic) bond motifs is 2. The minimum absolute atomic E-state index is 0.0749. The standard InChI is InChI=1S/C13H18N2O2/c1-13(2)8-15(3)10-7-12-11(6-9(10)14-13)16-4-5-17-12/h6-7,14H,4-5,8H2,1-3H3. The normalized spacial score (nSPS) is 20.5. The van der Waals surface area contributed by atoms with Crippen LogP contribution in [0.1, 0.15) is 13.8 Å². The summed E-state index contributed by atoms with van der Waals surface area (Å²) < 4.78 is 11.2. The van der Waals surface area contributed by atoms with Crippen molar-refractivity contribution >= 4 is 11.4 Å². The molecule has 2 aliphatic heterocycles. The monoisotopic (exact) mass is 234 g/mol. The summed E-state index contributed by atoms with van der Waals surface area (Å²) in [5.74, 6) is 1.69. The summed E-state index contributed by atoms with van der Waals surface area (Å²) >= 11 is 0. The number of hydrogen-bond donors (Lipinski definition) is 1. The van der Waals surface area contributed by atoms with Gasteiger partial charge < -0.3 is 19.7 Å². The maximum Gasteiger partial charge on any atom is 0.163 e. The van der Waals surface area contributed by atoms with Gasteiger partial charge in [0.1, 0.15) is 13.2 Å². The molecule has 0 aromatic heterocycles. The molecular weight excluding hydrogens is 216 g/mol. The number of benzene rings is 1. The average molecular weight is 234 g/mol. The summed E-state index contributed by atoms with van der Waals surface area (Å²) in [6.45, 7) is 6.63. The summed E-state index contributed by atoms with van der Waals surface area (Å²) in [7, 11) is 2.11. The number of ether oxygens (including phenoxy) is 2.